The Hall–Kier alpha value is -2.79. The Morgan fingerprint density at radius 1 is 0.680 bits per heavy atom. The van der Waals surface area contributed by atoms with Crippen LogP contribution in [0.4, 0.5) is 17.1 Å². The molecule has 25 heavy (non-hydrogen) atoms. The molecule has 0 radical (unpaired) electrons. The van der Waals surface area contributed by atoms with Crippen LogP contribution in [0.2, 0.25) is 0 Å². The topological polar surface area (TPSA) is 58.2 Å². The van der Waals surface area contributed by atoms with Crippen molar-refractivity contribution in [1.82, 2.24) is 0 Å². The van der Waals surface area contributed by atoms with Crippen LogP contribution in [-0.2, 0) is 10.0 Å². The first-order chi connectivity index (χ1) is 11.9. The number of sulfonamides is 1. The van der Waals surface area contributed by atoms with Crippen LogP contribution < -0.4 is 10.0 Å². The second-order valence-electron chi connectivity index (χ2n) is 5.99. The van der Waals surface area contributed by atoms with Gasteiger partial charge in [0.2, 0.25) is 0 Å². The Balaban J connectivity index is 1.79. The first kappa shape index (κ1) is 17.0. The normalized spacial score (nSPS) is 11.1. The summed E-state index contributed by atoms with van der Waals surface area (Å²) in [6, 6.07) is 22.0. The highest BCUT2D eigenvalue weighted by molar-refractivity contribution is 7.92. The van der Waals surface area contributed by atoms with Crippen molar-refractivity contribution in [3.8, 4) is 0 Å². The molecule has 0 aliphatic carbocycles. The van der Waals surface area contributed by atoms with Crippen LogP contribution in [0.1, 0.15) is 11.1 Å². The number of benzene rings is 3. The maximum absolute atomic E-state index is 12.5. The Labute approximate surface area is 148 Å². The Bertz CT molecular complexity index is 963. The zero-order valence-electron chi connectivity index (χ0n) is 14.2. The van der Waals surface area contributed by atoms with E-state index in [4.69, 9.17) is 0 Å². The molecular formula is C20H20N2O2S. The van der Waals surface area contributed by atoms with E-state index in [1.807, 2.05) is 50.2 Å². The highest BCUT2D eigenvalue weighted by Crippen LogP contribution is 2.22. The Morgan fingerprint density at radius 2 is 1.24 bits per heavy atom. The van der Waals surface area contributed by atoms with Crippen molar-refractivity contribution < 1.29 is 8.42 Å². The molecule has 0 heterocycles. The summed E-state index contributed by atoms with van der Waals surface area (Å²) in [4.78, 5) is 0.245. The van der Waals surface area contributed by atoms with Crippen molar-refractivity contribution in [3.63, 3.8) is 0 Å². The molecule has 3 aromatic rings. The molecule has 4 nitrogen and oxygen atoms in total. The van der Waals surface area contributed by atoms with Gasteiger partial charge in [-0.15, -0.1) is 0 Å². The summed E-state index contributed by atoms with van der Waals surface area (Å²) >= 11 is 0. The fourth-order valence-electron chi connectivity index (χ4n) is 2.40. The lowest BCUT2D eigenvalue weighted by atomic mass is 10.2. The predicted octanol–water partition coefficient (Wildman–Crippen LogP) is 4.85. The second-order valence-corrected chi connectivity index (χ2v) is 7.67. The fourth-order valence-corrected chi connectivity index (χ4v) is 3.45. The number of rotatable bonds is 5. The lowest BCUT2D eigenvalue weighted by molar-refractivity contribution is 0.601. The minimum absolute atomic E-state index is 0.245. The number of hydrogen-bond acceptors (Lipinski definition) is 3. The maximum Gasteiger partial charge on any atom is 0.261 e. The van der Waals surface area contributed by atoms with Gasteiger partial charge in [-0.3, -0.25) is 4.72 Å². The van der Waals surface area contributed by atoms with Crippen molar-refractivity contribution in [3.05, 3.63) is 83.9 Å². The molecule has 0 bridgehead atoms. The van der Waals surface area contributed by atoms with Crippen LogP contribution in [0.5, 0.6) is 0 Å². The molecule has 2 N–H and O–H groups in total. The van der Waals surface area contributed by atoms with E-state index in [2.05, 4.69) is 10.0 Å². The van der Waals surface area contributed by atoms with Crippen molar-refractivity contribution in [2.45, 2.75) is 18.7 Å². The molecule has 0 spiro atoms. The molecule has 0 aliphatic rings. The third-order valence-electron chi connectivity index (χ3n) is 3.79. The van der Waals surface area contributed by atoms with Crippen LogP contribution in [0.3, 0.4) is 0 Å². The standard InChI is InChI=1S/C20H20N2O2S/c1-15-6-10-17(11-7-15)21-18-4-3-5-19(14-18)22-25(23,24)20-12-8-16(2)9-13-20/h3-14,21-22H,1-2H3. The van der Waals surface area contributed by atoms with Gasteiger partial charge >= 0.3 is 0 Å². The molecule has 0 aliphatic heterocycles. The number of nitrogens with one attached hydrogen (secondary N) is 2. The Morgan fingerprint density at radius 3 is 1.88 bits per heavy atom. The van der Waals surface area contributed by atoms with Crippen LogP contribution in [0.25, 0.3) is 0 Å². The minimum Gasteiger partial charge on any atom is -0.355 e. The molecule has 0 amide bonds. The van der Waals surface area contributed by atoms with Gasteiger partial charge in [-0.25, -0.2) is 8.42 Å². The van der Waals surface area contributed by atoms with E-state index in [9.17, 15) is 8.42 Å². The van der Waals surface area contributed by atoms with Crippen molar-refractivity contribution in [2.24, 2.45) is 0 Å². The summed E-state index contributed by atoms with van der Waals surface area (Å²) in [7, 11) is -3.60. The first-order valence-electron chi connectivity index (χ1n) is 7.96. The van der Waals surface area contributed by atoms with Gasteiger partial charge in [0.05, 0.1) is 10.6 Å². The molecular weight excluding hydrogens is 332 g/mol. The summed E-state index contributed by atoms with van der Waals surface area (Å²) in [5, 5.41) is 3.27. The molecule has 3 aromatic carbocycles. The summed E-state index contributed by atoms with van der Waals surface area (Å²) < 4.78 is 27.6. The largest absolute Gasteiger partial charge is 0.355 e. The highest BCUT2D eigenvalue weighted by atomic mass is 32.2. The van der Waals surface area contributed by atoms with Gasteiger partial charge in [0.15, 0.2) is 0 Å². The molecule has 3 rings (SSSR count). The van der Waals surface area contributed by atoms with E-state index >= 15 is 0 Å². The maximum atomic E-state index is 12.5. The highest BCUT2D eigenvalue weighted by Gasteiger charge is 2.13. The molecule has 0 saturated carbocycles. The van der Waals surface area contributed by atoms with Gasteiger partial charge in [-0.05, 0) is 56.3 Å². The number of anilines is 3. The van der Waals surface area contributed by atoms with Gasteiger partial charge < -0.3 is 5.32 Å². The lowest BCUT2D eigenvalue weighted by Crippen LogP contribution is -2.12. The van der Waals surface area contributed by atoms with Gasteiger partial charge in [-0.1, -0.05) is 41.5 Å². The van der Waals surface area contributed by atoms with Crippen LogP contribution >= 0.6 is 0 Å². The monoisotopic (exact) mass is 352 g/mol. The Kier molecular flexibility index (Phi) is 4.76. The SMILES string of the molecule is Cc1ccc(Nc2cccc(NS(=O)(=O)c3ccc(C)cc3)c2)cc1. The van der Waals surface area contributed by atoms with E-state index in [-0.39, 0.29) is 4.90 Å². The predicted molar refractivity (Wildman–Crippen MR) is 103 cm³/mol. The zero-order chi connectivity index (χ0) is 17.9. The summed E-state index contributed by atoms with van der Waals surface area (Å²) in [5.74, 6) is 0. The van der Waals surface area contributed by atoms with Gasteiger partial charge in [-0.2, -0.15) is 0 Å². The van der Waals surface area contributed by atoms with E-state index in [1.54, 1.807) is 36.4 Å². The zero-order valence-corrected chi connectivity index (χ0v) is 15.0. The van der Waals surface area contributed by atoms with Gasteiger partial charge in [0.25, 0.3) is 10.0 Å². The lowest BCUT2D eigenvalue weighted by Gasteiger charge is -2.11. The number of hydrogen-bond donors (Lipinski definition) is 2. The van der Waals surface area contributed by atoms with Crippen molar-refractivity contribution in [1.29, 1.82) is 0 Å². The molecule has 5 heteroatoms. The third-order valence-corrected chi connectivity index (χ3v) is 5.18. The van der Waals surface area contributed by atoms with Gasteiger partial charge in [0.1, 0.15) is 0 Å². The summed E-state index contributed by atoms with van der Waals surface area (Å²) in [6.45, 7) is 3.95. The number of aryl methyl sites for hydroxylation is 2. The smallest absolute Gasteiger partial charge is 0.261 e. The average molecular weight is 352 g/mol. The van der Waals surface area contributed by atoms with Crippen molar-refractivity contribution >= 4 is 27.1 Å². The molecule has 0 unspecified atom stereocenters. The molecule has 128 valence electrons. The van der Waals surface area contributed by atoms with Crippen LogP contribution in [-0.4, -0.2) is 8.42 Å². The average Bonchev–Trinajstić information content (AvgIpc) is 2.57. The van der Waals surface area contributed by atoms with E-state index < -0.39 is 10.0 Å². The quantitative estimate of drug-likeness (QED) is 0.690. The van der Waals surface area contributed by atoms with Crippen LogP contribution in [0.15, 0.2) is 77.7 Å². The fraction of sp³-hybridized carbons (Fsp3) is 0.100. The second kappa shape index (κ2) is 6.99. The van der Waals surface area contributed by atoms with Gasteiger partial charge in [0, 0.05) is 11.4 Å². The molecule has 0 atom stereocenters. The summed E-state index contributed by atoms with van der Waals surface area (Å²) in [6.07, 6.45) is 0. The van der Waals surface area contributed by atoms with E-state index in [1.165, 1.54) is 5.56 Å². The van der Waals surface area contributed by atoms with E-state index in [0.717, 1.165) is 16.9 Å². The summed E-state index contributed by atoms with van der Waals surface area (Å²) in [5.41, 5.74) is 4.48. The molecule has 0 aromatic heterocycles. The minimum atomic E-state index is -3.60. The third kappa shape index (κ3) is 4.39. The molecule has 0 saturated heterocycles. The van der Waals surface area contributed by atoms with Crippen LogP contribution in [0, 0.1) is 13.8 Å². The van der Waals surface area contributed by atoms with Crippen molar-refractivity contribution in [2.75, 3.05) is 10.0 Å². The first-order valence-corrected chi connectivity index (χ1v) is 9.44. The van der Waals surface area contributed by atoms with E-state index in [0.29, 0.717) is 5.69 Å². The molecule has 0 fully saturated rings.